The summed E-state index contributed by atoms with van der Waals surface area (Å²) in [5.74, 6) is 0. The molecule has 0 rings (SSSR count). The van der Waals surface area contributed by atoms with Crippen LogP contribution < -0.4 is 0 Å². The van der Waals surface area contributed by atoms with Crippen molar-refractivity contribution in [3.05, 3.63) is 0 Å². The highest BCUT2D eigenvalue weighted by Crippen LogP contribution is 2.21. The summed E-state index contributed by atoms with van der Waals surface area (Å²) < 4.78 is 10.4. The van der Waals surface area contributed by atoms with Crippen LogP contribution in [0.25, 0.3) is 0 Å². The summed E-state index contributed by atoms with van der Waals surface area (Å²) >= 11 is 8.81. The van der Waals surface area contributed by atoms with E-state index in [1.165, 1.54) is 0 Å². The van der Waals surface area contributed by atoms with Crippen LogP contribution in [-0.4, -0.2) is 20.1 Å². The molecule has 2 unspecified atom stereocenters. The maximum absolute atomic E-state index is 5.67. The van der Waals surface area contributed by atoms with Gasteiger partial charge in [-0.3, -0.25) is 0 Å². The second-order valence-corrected chi connectivity index (χ2v) is 7.99. The van der Waals surface area contributed by atoms with Crippen molar-refractivity contribution in [1.82, 2.24) is 0 Å². The Hall–Kier alpha value is 0.907. The normalized spacial score (nSPS) is 18.8. The van der Waals surface area contributed by atoms with Crippen molar-refractivity contribution in [2.45, 2.75) is 36.8 Å². The SMILES string of the molecule is CCCC[Si](C)(OC)OC(Cl)Br. The molecule has 0 aliphatic rings. The van der Waals surface area contributed by atoms with Gasteiger partial charge < -0.3 is 8.85 Å². The molecule has 5 heteroatoms. The van der Waals surface area contributed by atoms with Crippen molar-refractivity contribution in [3.8, 4) is 0 Å². The second kappa shape index (κ2) is 6.37. The summed E-state index contributed by atoms with van der Waals surface area (Å²) in [6, 6.07) is 0.995. The summed E-state index contributed by atoms with van der Waals surface area (Å²) in [4.78, 5) is 0. The number of unbranched alkanes of at least 4 members (excludes halogenated alkanes) is 1. The standard InChI is InChI=1S/C7H16BrClO2Si/c1-4-5-6-12(3,10-2)11-7(8)9/h7H,4-6H2,1-3H3. The lowest BCUT2D eigenvalue weighted by atomic mass is 10.4. The lowest BCUT2D eigenvalue weighted by Gasteiger charge is -2.25. The molecule has 0 heterocycles. The van der Waals surface area contributed by atoms with Gasteiger partial charge in [-0.15, -0.1) is 0 Å². The van der Waals surface area contributed by atoms with E-state index in [9.17, 15) is 0 Å². The van der Waals surface area contributed by atoms with Gasteiger partial charge in [-0.25, -0.2) is 0 Å². The highest BCUT2D eigenvalue weighted by molar-refractivity contribution is 9.10. The third-order valence-corrected chi connectivity index (χ3v) is 5.38. The molecule has 0 N–H and O–H groups in total. The van der Waals surface area contributed by atoms with Gasteiger partial charge in [0.25, 0.3) is 0 Å². The summed E-state index contributed by atoms with van der Waals surface area (Å²) in [6.07, 6.45) is 2.29. The molecule has 0 spiro atoms. The molecule has 74 valence electrons. The maximum atomic E-state index is 5.67. The lowest BCUT2D eigenvalue weighted by Crippen LogP contribution is -2.38. The van der Waals surface area contributed by atoms with Gasteiger partial charge in [0.05, 0.1) is 0 Å². The Morgan fingerprint density at radius 1 is 1.58 bits per heavy atom. The van der Waals surface area contributed by atoms with Crippen LogP contribution in [-0.2, 0) is 8.85 Å². The Kier molecular flexibility index (Phi) is 6.86. The summed E-state index contributed by atoms with van der Waals surface area (Å²) in [6.45, 7) is 4.18. The van der Waals surface area contributed by atoms with Crippen molar-refractivity contribution in [2.24, 2.45) is 0 Å². The highest BCUT2D eigenvalue weighted by Gasteiger charge is 2.31. The third kappa shape index (κ3) is 5.53. The Morgan fingerprint density at radius 3 is 2.50 bits per heavy atom. The molecule has 0 aromatic heterocycles. The topological polar surface area (TPSA) is 18.5 Å². The molecule has 0 saturated carbocycles. The molecule has 2 atom stereocenters. The number of halogens is 2. The van der Waals surface area contributed by atoms with Crippen LogP contribution in [0.2, 0.25) is 12.6 Å². The summed E-state index contributed by atoms with van der Waals surface area (Å²) in [5, 5.41) is 0. The van der Waals surface area contributed by atoms with E-state index in [2.05, 4.69) is 22.9 Å². The molecule has 0 bridgehead atoms. The first-order valence-corrected chi connectivity index (χ1v) is 7.93. The highest BCUT2D eigenvalue weighted by atomic mass is 79.9. The van der Waals surface area contributed by atoms with Gasteiger partial charge in [-0.1, -0.05) is 31.4 Å². The lowest BCUT2D eigenvalue weighted by molar-refractivity contribution is 0.225. The van der Waals surface area contributed by atoms with Crippen LogP contribution in [0.1, 0.15) is 19.8 Å². The first kappa shape index (κ1) is 12.9. The van der Waals surface area contributed by atoms with Gasteiger partial charge in [-0.05, 0) is 28.5 Å². The Bertz CT molecular complexity index is 126. The third-order valence-electron chi connectivity index (χ3n) is 1.75. The van der Waals surface area contributed by atoms with Crippen molar-refractivity contribution < 1.29 is 8.85 Å². The molecular formula is C7H16BrClO2Si. The van der Waals surface area contributed by atoms with E-state index in [4.69, 9.17) is 20.5 Å². The van der Waals surface area contributed by atoms with E-state index in [-0.39, 0.29) is 0 Å². The van der Waals surface area contributed by atoms with E-state index in [0.717, 1.165) is 18.9 Å². The number of hydrogen-bond donors (Lipinski definition) is 0. The zero-order valence-corrected chi connectivity index (χ0v) is 11.1. The average molecular weight is 276 g/mol. The van der Waals surface area contributed by atoms with E-state index in [0.29, 0.717) is 0 Å². The molecule has 0 aromatic rings. The molecule has 0 saturated heterocycles. The molecule has 0 aromatic carbocycles. The van der Waals surface area contributed by atoms with Crippen molar-refractivity contribution in [1.29, 1.82) is 0 Å². The van der Waals surface area contributed by atoms with Gasteiger partial charge in [0.2, 0.25) is 0 Å². The van der Waals surface area contributed by atoms with Crippen LogP contribution in [0.5, 0.6) is 0 Å². The smallest absolute Gasteiger partial charge is 0.336 e. The van der Waals surface area contributed by atoms with Crippen LogP contribution in [0, 0.1) is 0 Å². The molecule has 0 aliphatic heterocycles. The number of hydrogen-bond acceptors (Lipinski definition) is 2. The molecule has 2 nitrogen and oxygen atoms in total. The largest absolute Gasteiger partial charge is 0.398 e. The van der Waals surface area contributed by atoms with E-state index < -0.39 is 13.0 Å². The van der Waals surface area contributed by atoms with Gasteiger partial charge in [0.1, 0.15) is 0 Å². The molecule has 0 radical (unpaired) electrons. The van der Waals surface area contributed by atoms with Crippen molar-refractivity contribution in [3.63, 3.8) is 0 Å². The van der Waals surface area contributed by atoms with Gasteiger partial charge in [0, 0.05) is 7.11 Å². The monoisotopic (exact) mass is 274 g/mol. The second-order valence-electron chi connectivity index (χ2n) is 2.82. The molecular weight excluding hydrogens is 260 g/mol. The Balaban J connectivity index is 3.86. The average Bonchev–Trinajstić information content (AvgIpc) is 2.00. The van der Waals surface area contributed by atoms with Crippen LogP contribution in [0.4, 0.5) is 0 Å². The fourth-order valence-electron chi connectivity index (χ4n) is 0.895. The maximum Gasteiger partial charge on any atom is 0.336 e. The van der Waals surface area contributed by atoms with E-state index >= 15 is 0 Å². The minimum absolute atomic E-state index is 0.425. The Morgan fingerprint density at radius 2 is 2.17 bits per heavy atom. The van der Waals surface area contributed by atoms with Crippen LogP contribution in [0.15, 0.2) is 0 Å². The Labute approximate surface area is 89.0 Å². The fraction of sp³-hybridized carbons (Fsp3) is 1.00. The fourth-order valence-corrected chi connectivity index (χ4v) is 4.44. The predicted octanol–water partition coefficient (Wildman–Crippen LogP) is 3.44. The molecule has 0 fully saturated rings. The summed E-state index contributed by atoms with van der Waals surface area (Å²) in [5.41, 5.74) is 0. The number of rotatable bonds is 6. The van der Waals surface area contributed by atoms with Gasteiger partial charge >= 0.3 is 8.56 Å². The van der Waals surface area contributed by atoms with Gasteiger partial charge in [0.15, 0.2) is 4.47 Å². The summed E-state index contributed by atoms with van der Waals surface area (Å²) in [7, 11) is -0.298. The first-order chi connectivity index (χ1) is 5.54. The van der Waals surface area contributed by atoms with Gasteiger partial charge in [-0.2, -0.15) is 0 Å². The minimum atomic E-state index is -1.99. The van der Waals surface area contributed by atoms with Crippen molar-refractivity contribution in [2.75, 3.05) is 7.11 Å². The quantitative estimate of drug-likeness (QED) is 0.546. The first-order valence-electron chi connectivity index (χ1n) is 4.05. The molecule has 0 aliphatic carbocycles. The van der Waals surface area contributed by atoms with E-state index in [1.54, 1.807) is 7.11 Å². The predicted molar refractivity (Wildman–Crippen MR) is 58.0 cm³/mol. The molecule has 0 amide bonds. The number of alkyl halides is 2. The minimum Gasteiger partial charge on any atom is -0.398 e. The van der Waals surface area contributed by atoms with Crippen molar-refractivity contribution >= 4 is 36.1 Å². The zero-order chi connectivity index (χ0) is 9.61. The van der Waals surface area contributed by atoms with Crippen LogP contribution >= 0.6 is 27.5 Å². The van der Waals surface area contributed by atoms with E-state index in [1.807, 2.05) is 6.55 Å². The van der Waals surface area contributed by atoms with Crippen LogP contribution in [0.3, 0.4) is 0 Å². The zero-order valence-electron chi connectivity index (χ0n) is 7.77. The molecule has 12 heavy (non-hydrogen) atoms.